The number of nitrogen functional groups attached to an aromatic ring is 1. The van der Waals surface area contributed by atoms with Crippen LogP contribution in [0.1, 0.15) is 0 Å². The maximum Gasteiger partial charge on any atom is 0.224 e. The van der Waals surface area contributed by atoms with Crippen LogP contribution in [0.2, 0.25) is 0 Å². The normalized spacial score (nSPS) is 10.2. The number of H-pyrrole nitrogens is 1. The molecule has 0 radical (unpaired) electrons. The van der Waals surface area contributed by atoms with Gasteiger partial charge in [0.15, 0.2) is 11.6 Å². The van der Waals surface area contributed by atoms with Gasteiger partial charge in [0.05, 0.1) is 6.26 Å². The third kappa shape index (κ3) is 1.57. The Kier molecular flexibility index (Phi) is 1.82. The van der Waals surface area contributed by atoms with E-state index in [2.05, 4.69) is 15.0 Å². The summed E-state index contributed by atoms with van der Waals surface area (Å²) in [6, 6.07) is 3.51. The number of aromatic nitrogens is 3. The van der Waals surface area contributed by atoms with Crippen LogP contribution in [0.25, 0.3) is 11.6 Å². The second kappa shape index (κ2) is 2.98. The van der Waals surface area contributed by atoms with Crippen LogP contribution in [0.3, 0.4) is 0 Å². The van der Waals surface area contributed by atoms with Crippen LogP contribution in [-0.2, 0) is 0 Å². The van der Waals surface area contributed by atoms with Gasteiger partial charge in [-0.25, -0.2) is 0 Å². The lowest BCUT2D eigenvalue weighted by molar-refractivity contribution is 0.576. The third-order valence-corrected chi connectivity index (χ3v) is 1.61. The van der Waals surface area contributed by atoms with Crippen molar-refractivity contribution in [2.24, 2.45) is 0 Å². The Bertz CT molecular complexity index is 462. The van der Waals surface area contributed by atoms with Crippen molar-refractivity contribution in [3.63, 3.8) is 0 Å². The quantitative estimate of drug-likeness (QED) is 0.670. The first-order valence-electron chi connectivity index (χ1n) is 3.53. The Balaban J connectivity index is 2.59. The van der Waals surface area contributed by atoms with Crippen molar-refractivity contribution >= 4 is 18.2 Å². The Hall–Kier alpha value is -1.69. The predicted octanol–water partition coefficient (Wildman–Crippen LogP) is 1.38. The van der Waals surface area contributed by atoms with Gasteiger partial charge < -0.3 is 15.1 Å². The summed E-state index contributed by atoms with van der Waals surface area (Å²) >= 11 is 4.80. The van der Waals surface area contributed by atoms with E-state index in [0.717, 1.165) is 0 Å². The molecule has 0 saturated carbocycles. The molecule has 0 aliphatic carbocycles. The average molecular weight is 194 g/mol. The second-order valence-electron chi connectivity index (χ2n) is 2.34. The standard InChI is InChI=1S/C7H6N4OS/c8-6-9-5(10-7(13)11-6)4-2-1-3-12-4/h1-3H,(H3,8,9,10,11,13). The molecule has 0 aromatic carbocycles. The Labute approximate surface area is 78.6 Å². The fourth-order valence-corrected chi connectivity index (χ4v) is 1.12. The topological polar surface area (TPSA) is 80.7 Å². The largest absolute Gasteiger partial charge is 0.461 e. The molecule has 2 aromatic rings. The van der Waals surface area contributed by atoms with E-state index in [1.54, 1.807) is 18.4 Å². The first-order chi connectivity index (χ1) is 6.25. The maximum absolute atomic E-state index is 5.45. The minimum atomic E-state index is 0.197. The van der Waals surface area contributed by atoms with Gasteiger partial charge in [0, 0.05) is 0 Å². The van der Waals surface area contributed by atoms with Crippen molar-refractivity contribution in [1.29, 1.82) is 0 Å². The van der Waals surface area contributed by atoms with Gasteiger partial charge in [0.2, 0.25) is 10.7 Å². The van der Waals surface area contributed by atoms with E-state index >= 15 is 0 Å². The van der Waals surface area contributed by atoms with Gasteiger partial charge in [-0.15, -0.1) is 0 Å². The highest BCUT2D eigenvalue weighted by Gasteiger charge is 2.03. The molecule has 2 rings (SSSR count). The Morgan fingerprint density at radius 3 is 2.92 bits per heavy atom. The van der Waals surface area contributed by atoms with Crippen LogP contribution in [0.5, 0.6) is 0 Å². The number of aromatic amines is 1. The van der Waals surface area contributed by atoms with Crippen LogP contribution in [0, 0.1) is 4.77 Å². The lowest BCUT2D eigenvalue weighted by Gasteiger charge is -1.96. The molecule has 0 spiro atoms. The third-order valence-electron chi connectivity index (χ3n) is 1.42. The summed E-state index contributed by atoms with van der Waals surface area (Å²) in [5.74, 6) is 1.30. The molecule has 0 fully saturated rings. The van der Waals surface area contributed by atoms with Crippen LogP contribution in [0.15, 0.2) is 22.8 Å². The van der Waals surface area contributed by atoms with Crippen molar-refractivity contribution in [1.82, 2.24) is 15.0 Å². The van der Waals surface area contributed by atoms with Crippen molar-refractivity contribution in [3.05, 3.63) is 23.2 Å². The molecule has 6 heteroatoms. The molecule has 0 amide bonds. The summed E-state index contributed by atoms with van der Waals surface area (Å²) in [5, 5.41) is 0. The van der Waals surface area contributed by atoms with Gasteiger partial charge >= 0.3 is 0 Å². The Morgan fingerprint density at radius 2 is 2.31 bits per heavy atom. The monoisotopic (exact) mass is 194 g/mol. The van der Waals surface area contributed by atoms with Crippen molar-refractivity contribution in [2.45, 2.75) is 0 Å². The van der Waals surface area contributed by atoms with Crippen molar-refractivity contribution in [2.75, 3.05) is 5.73 Å². The molecule has 0 aliphatic rings. The number of nitrogens with zero attached hydrogens (tertiary/aromatic N) is 2. The van der Waals surface area contributed by atoms with E-state index in [1.165, 1.54) is 0 Å². The molecule has 2 heterocycles. The molecule has 66 valence electrons. The number of nitrogens with two attached hydrogens (primary N) is 1. The number of rotatable bonds is 1. The van der Waals surface area contributed by atoms with Gasteiger partial charge in [-0.2, -0.15) is 9.97 Å². The first kappa shape index (κ1) is 7.93. The van der Waals surface area contributed by atoms with Crippen LogP contribution in [-0.4, -0.2) is 15.0 Å². The summed E-state index contributed by atoms with van der Waals surface area (Å²) in [7, 11) is 0. The highest BCUT2D eigenvalue weighted by atomic mass is 32.1. The summed E-state index contributed by atoms with van der Waals surface area (Å²) in [5.41, 5.74) is 5.45. The minimum Gasteiger partial charge on any atom is -0.461 e. The summed E-state index contributed by atoms with van der Waals surface area (Å²) in [6.45, 7) is 0. The van der Waals surface area contributed by atoms with Crippen LogP contribution >= 0.6 is 12.2 Å². The van der Waals surface area contributed by atoms with Gasteiger partial charge in [0.25, 0.3) is 0 Å². The summed E-state index contributed by atoms with van der Waals surface area (Å²) in [4.78, 5) is 10.4. The fraction of sp³-hybridized carbons (Fsp3) is 0. The van der Waals surface area contributed by atoms with Crippen molar-refractivity contribution < 1.29 is 4.42 Å². The van der Waals surface area contributed by atoms with E-state index < -0.39 is 0 Å². The van der Waals surface area contributed by atoms with Crippen LogP contribution in [0.4, 0.5) is 5.95 Å². The molecule has 5 nitrogen and oxygen atoms in total. The van der Waals surface area contributed by atoms with E-state index in [4.69, 9.17) is 22.4 Å². The minimum absolute atomic E-state index is 0.197. The molecule has 0 bridgehead atoms. The molecular formula is C7H6N4OS. The molecule has 0 saturated heterocycles. The van der Waals surface area contributed by atoms with Gasteiger partial charge in [-0.05, 0) is 24.4 Å². The molecule has 13 heavy (non-hydrogen) atoms. The summed E-state index contributed by atoms with van der Waals surface area (Å²) in [6.07, 6.45) is 1.55. The highest BCUT2D eigenvalue weighted by molar-refractivity contribution is 7.71. The SMILES string of the molecule is Nc1nc(=S)nc(-c2ccco2)[nH]1. The number of hydrogen-bond acceptors (Lipinski definition) is 5. The zero-order valence-corrected chi connectivity index (χ0v) is 7.34. The molecule has 0 aliphatic heterocycles. The number of anilines is 1. The molecule has 2 aromatic heterocycles. The second-order valence-corrected chi connectivity index (χ2v) is 2.71. The average Bonchev–Trinajstić information content (AvgIpc) is 2.53. The molecule has 0 atom stereocenters. The number of nitrogens with one attached hydrogen (secondary N) is 1. The van der Waals surface area contributed by atoms with E-state index in [1.807, 2.05) is 0 Å². The first-order valence-corrected chi connectivity index (χ1v) is 3.94. The lowest BCUT2D eigenvalue weighted by atomic mass is 10.4. The zero-order chi connectivity index (χ0) is 9.26. The molecule has 0 unspecified atom stereocenters. The summed E-state index contributed by atoms with van der Waals surface area (Å²) < 4.78 is 5.30. The van der Waals surface area contributed by atoms with Gasteiger partial charge in [-0.1, -0.05) is 0 Å². The van der Waals surface area contributed by atoms with Crippen LogP contribution < -0.4 is 5.73 Å². The fourth-order valence-electron chi connectivity index (χ4n) is 0.931. The van der Waals surface area contributed by atoms with E-state index in [0.29, 0.717) is 11.6 Å². The van der Waals surface area contributed by atoms with E-state index in [9.17, 15) is 0 Å². The number of hydrogen-bond donors (Lipinski definition) is 2. The highest BCUT2D eigenvalue weighted by Crippen LogP contribution is 2.14. The van der Waals surface area contributed by atoms with E-state index in [-0.39, 0.29) is 10.7 Å². The van der Waals surface area contributed by atoms with Gasteiger partial charge in [0.1, 0.15) is 0 Å². The van der Waals surface area contributed by atoms with Crippen molar-refractivity contribution in [3.8, 4) is 11.6 Å². The maximum atomic E-state index is 5.45. The smallest absolute Gasteiger partial charge is 0.224 e. The molecule has 3 N–H and O–H groups in total. The molecular weight excluding hydrogens is 188 g/mol. The predicted molar refractivity (Wildman–Crippen MR) is 49.3 cm³/mol. The van der Waals surface area contributed by atoms with Gasteiger partial charge in [-0.3, -0.25) is 0 Å². The lowest BCUT2D eigenvalue weighted by Crippen LogP contribution is -1.99. The number of furan rings is 1. The Morgan fingerprint density at radius 1 is 1.46 bits per heavy atom. The zero-order valence-electron chi connectivity index (χ0n) is 6.52.